The maximum absolute atomic E-state index is 11.1. The lowest BCUT2D eigenvalue weighted by Gasteiger charge is -2.21. The number of carbonyl (C=O) groups is 2. The maximum Gasteiger partial charge on any atom is 0.338 e. The average Bonchev–Trinajstić information content (AvgIpc) is 2.30. The molecule has 0 spiro atoms. The lowest BCUT2D eigenvalue weighted by atomic mass is 9.87. The fourth-order valence-electron chi connectivity index (χ4n) is 2.07. The van der Waals surface area contributed by atoms with E-state index in [1.54, 1.807) is 0 Å². The molecule has 0 bridgehead atoms. The predicted octanol–water partition coefficient (Wildman–Crippen LogP) is 1.27. The van der Waals surface area contributed by atoms with Gasteiger partial charge in [0.15, 0.2) is 6.61 Å². The van der Waals surface area contributed by atoms with Gasteiger partial charge in [-0.3, -0.25) is 4.84 Å². The molecular weight excluding hydrogens is 224 g/mol. The number of urea groups is 1. The van der Waals surface area contributed by atoms with Crippen molar-refractivity contribution < 1.29 is 19.5 Å². The van der Waals surface area contributed by atoms with Gasteiger partial charge >= 0.3 is 12.0 Å². The average molecular weight is 244 g/mol. The third-order valence-corrected chi connectivity index (χ3v) is 2.92. The first-order valence-electron chi connectivity index (χ1n) is 6.06. The van der Waals surface area contributed by atoms with Crippen molar-refractivity contribution in [3.8, 4) is 0 Å². The second-order valence-corrected chi connectivity index (χ2v) is 4.33. The van der Waals surface area contributed by atoms with Crippen LogP contribution in [0.25, 0.3) is 0 Å². The van der Waals surface area contributed by atoms with Crippen LogP contribution in [0.4, 0.5) is 4.79 Å². The number of rotatable bonds is 6. The van der Waals surface area contributed by atoms with Gasteiger partial charge in [0.1, 0.15) is 0 Å². The highest BCUT2D eigenvalue weighted by atomic mass is 16.7. The van der Waals surface area contributed by atoms with Crippen molar-refractivity contribution in [3.05, 3.63) is 0 Å². The van der Waals surface area contributed by atoms with E-state index < -0.39 is 18.6 Å². The van der Waals surface area contributed by atoms with E-state index in [0.29, 0.717) is 12.5 Å². The molecule has 1 aliphatic carbocycles. The normalized spacial score (nSPS) is 16.5. The molecule has 0 aliphatic heterocycles. The van der Waals surface area contributed by atoms with Gasteiger partial charge in [-0.2, -0.15) is 0 Å². The van der Waals surface area contributed by atoms with E-state index in [0.717, 1.165) is 6.42 Å². The molecule has 98 valence electrons. The van der Waals surface area contributed by atoms with E-state index in [4.69, 9.17) is 5.11 Å². The Bertz CT molecular complexity index is 252. The van der Waals surface area contributed by atoms with E-state index in [1.807, 2.05) is 5.48 Å². The van der Waals surface area contributed by atoms with Gasteiger partial charge in [-0.05, 0) is 12.3 Å². The van der Waals surface area contributed by atoms with Gasteiger partial charge in [0, 0.05) is 6.54 Å². The van der Waals surface area contributed by atoms with Crippen LogP contribution in [0.15, 0.2) is 0 Å². The number of aliphatic carboxylic acids is 1. The number of hydroxylamine groups is 1. The number of hydrogen-bond acceptors (Lipinski definition) is 3. The summed E-state index contributed by atoms with van der Waals surface area (Å²) in [6, 6.07) is -0.484. The standard InChI is InChI=1S/C11H20N2O4/c14-10(15)8-17-13-11(16)12-7-6-9-4-2-1-3-5-9/h9H,1-8H2,(H,14,15)(H2,12,13,16). The Hall–Kier alpha value is -1.30. The van der Waals surface area contributed by atoms with Gasteiger partial charge in [0.2, 0.25) is 0 Å². The van der Waals surface area contributed by atoms with Gasteiger partial charge < -0.3 is 10.4 Å². The third kappa shape index (κ3) is 6.78. The smallest absolute Gasteiger partial charge is 0.338 e. The number of carbonyl (C=O) groups excluding carboxylic acids is 1. The summed E-state index contributed by atoms with van der Waals surface area (Å²) in [5, 5.41) is 10.9. The van der Waals surface area contributed by atoms with E-state index in [2.05, 4.69) is 10.2 Å². The highest BCUT2D eigenvalue weighted by Gasteiger charge is 2.13. The quantitative estimate of drug-likeness (QED) is 0.614. The SMILES string of the molecule is O=C(O)CONC(=O)NCCC1CCCCC1. The van der Waals surface area contributed by atoms with Crippen LogP contribution < -0.4 is 10.8 Å². The van der Waals surface area contributed by atoms with Crippen LogP contribution in [0.2, 0.25) is 0 Å². The number of nitrogens with one attached hydrogen (secondary N) is 2. The monoisotopic (exact) mass is 244 g/mol. The Morgan fingerprint density at radius 3 is 2.59 bits per heavy atom. The van der Waals surface area contributed by atoms with Gasteiger partial charge in [-0.25, -0.2) is 15.1 Å². The molecule has 6 nitrogen and oxygen atoms in total. The molecule has 0 unspecified atom stereocenters. The minimum Gasteiger partial charge on any atom is -0.479 e. The summed E-state index contributed by atoms with van der Waals surface area (Å²) < 4.78 is 0. The number of hydrogen-bond donors (Lipinski definition) is 3. The molecule has 1 aliphatic rings. The minimum atomic E-state index is -1.12. The fourth-order valence-corrected chi connectivity index (χ4v) is 2.07. The molecule has 0 aromatic carbocycles. The zero-order valence-electron chi connectivity index (χ0n) is 9.91. The third-order valence-electron chi connectivity index (χ3n) is 2.92. The molecule has 0 aromatic rings. The van der Waals surface area contributed by atoms with E-state index in [-0.39, 0.29) is 0 Å². The van der Waals surface area contributed by atoms with Crippen molar-refractivity contribution in [2.75, 3.05) is 13.2 Å². The summed E-state index contributed by atoms with van der Waals surface area (Å²) in [4.78, 5) is 25.7. The van der Waals surface area contributed by atoms with E-state index in [9.17, 15) is 9.59 Å². The molecule has 1 fully saturated rings. The molecule has 1 rings (SSSR count). The largest absolute Gasteiger partial charge is 0.479 e. The highest BCUT2D eigenvalue weighted by Crippen LogP contribution is 2.25. The topological polar surface area (TPSA) is 87.7 Å². The number of amides is 2. The van der Waals surface area contributed by atoms with Crippen molar-refractivity contribution in [1.82, 2.24) is 10.8 Å². The van der Waals surface area contributed by atoms with E-state index in [1.165, 1.54) is 32.1 Å². The molecule has 6 heteroatoms. The molecule has 0 atom stereocenters. The Labute approximate surface area is 101 Å². The van der Waals surface area contributed by atoms with Gasteiger partial charge in [-0.1, -0.05) is 32.1 Å². The summed E-state index contributed by atoms with van der Waals surface area (Å²) in [5.74, 6) is -0.406. The maximum atomic E-state index is 11.1. The Morgan fingerprint density at radius 2 is 1.94 bits per heavy atom. The van der Waals surface area contributed by atoms with Gasteiger partial charge in [0.25, 0.3) is 0 Å². The number of carboxylic acids is 1. The molecule has 3 N–H and O–H groups in total. The molecule has 2 amide bonds. The second-order valence-electron chi connectivity index (χ2n) is 4.33. The van der Waals surface area contributed by atoms with Crippen molar-refractivity contribution in [3.63, 3.8) is 0 Å². The van der Waals surface area contributed by atoms with Crippen molar-refractivity contribution in [2.24, 2.45) is 5.92 Å². The van der Waals surface area contributed by atoms with Crippen LogP contribution in [0, 0.1) is 5.92 Å². The molecule has 0 radical (unpaired) electrons. The Kier molecular flexibility index (Phi) is 6.39. The molecular formula is C11H20N2O4. The van der Waals surface area contributed by atoms with Crippen molar-refractivity contribution >= 4 is 12.0 Å². The molecule has 1 saturated carbocycles. The summed E-state index contributed by atoms with van der Waals surface area (Å²) in [7, 11) is 0. The highest BCUT2D eigenvalue weighted by molar-refractivity contribution is 5.73. The summed E-state index contributed by atoms with van der Waals surface area (Å²) in [6.45, 7) is 0.0724. The molecule has 0 aromatic heterocycles. The molecule has 17 heavy (non-hydrogen) atoms. The Morgan fingerprint density at radius 1 is 1.24 bits per heavy atom. The van der Waals surface area contributed by atoms with Crippen molar-refractivity contribution in [2.45, 2.75) is 38.5 Å². The first-order valence-corrected chi connectivity index (χ1v) is 6.06. The van der Waals surface area contributed by atoms with Crippen LogP contribution in [0.1, 0.15) is 38.5 Å². The summed E-state index contributed by atoms with van der Waals surface area (Å²) in [5.41, 5.74) is 2.02. The van der Waals surface area contributed by atoms with Gasteiger partial charge in [0.05, 0.1) is 0 Å². The Balaban J connectivity index is 1.97. The van der Waals surface area contributed by atoms with E-state index >= 15 is 0 Å². The van der Waals surface area contributed by atoms with Crippen LogP contribution in [0.3, 0.4) is 0 Å². The number of carboxylic acid groups (broad SMARTS) is 1. The first kappa shape index (κ1) is 13.8. The minimum absolute atomic E-state index is 0.484. The zero-order chi connectivity index (χ0) is 12.5. The van der Waals surface area contributed by atoms with Crippen molar-refractivity contribution in [1.29, 1.82) is 0 Å². The summed E-state index contributed by atoms with van der Waals surface area (Å²) >= 11 is 0. The molecule has 0 saturated heterocycles. The van der Waals surface area contributed by atoms with Crippen LogP contribution in [0.5, 0.6) is 0 Å². The fraction of sp³-hybridized carbons (Fsp3) is 0.818. The summed E-state index contributed by atoms with van der Waals surface area (Å²) in [6.07, 6.45) is 7.38. The van der Waals surface area contributed by atoms with Crippen LogP contribution in [-0.2, 0) is 9.63 Å². The van der Waals surface area contributed by atoms with Crippen LogP contribution in [-0.4, -0.2) is 30.3 Å². The lowest BCUT2D eigenvalue weighted by molar-refractivity contribution is -0.144. The zero-order valence-corrected chi connectivity index (χ0v) is 9.91. The molecule has 0 heterocycles. The first-order chi connectivity index (χ1) is 8.18. The van der Waals surface area contributed by atoms with Gasteiger partial charge in [-0.15, -0.1) is 0 Å². The second kappa shape index (κ2) is 7.89. The predicted molar refractivity (Wildman–Crippen MR) is 61.3 cm³/mol. The lowest BCUT2D eigenvalue weighted by Crippen LogP contribution is -2.37. The van der Waals surface area contributed by atoms with Crippen LogP contribution >= 0.6 is 0 Å².